The van der Waals surface area contributed by atoms with Crippen LogP contribution in [0.4, 0.5) is 0 Å². The molecule has 2 aliphatic carbocycles. The maximum Gasteiger partial charge on any atom is 0.225 e. The number of nitrogens with one attached hydrogen (secondary N) is 1. The van der Waals surface area contributed by atoms with Crippen LogP contribution in [-0.2, 0) is 9.59 Å². The Hall–Kier alpha value is -1.10. The summed E-state index contributed by atoms with van der Waals surface area (Å²) in [6.45, 7) is 2.88. The number of hydrogen-bond acceptors (Lipinski definition) is 3. The molecule has 0 aromatic heterocycles. The standard InChI is InChI=1S/C16H27N3O2/c1-10(20)19-6-5-13(9-19)16(21)18-15-11-3-2-4-12(15)8-14(17)7-11/h11-15H,2-9,17H2,1H3,(H,18,21). The molecular formula is C16H27N3O2. The smallest absolute Gasteiger partial charge is 0.225 e. The van der Waals surface area contributed by atoms with Gasteiger partial charge in [-0.25, -0.2) is 0 Å². The molecule has 2 amide bonds. The Morgan fingerprint density at radius 2 is 1.81 bits per heavy atom. The van der Waals surface area contributed by atoms with Crippen molar-refractivity contribution in [1.29, 1.82) is 0 Å². The molecule has 2 saturated carbocycles. The van der Waals surface area contributed by atoms with Crippen LogP contribution in [0.2, 0.25) is 0 Å². The molecule has 3 fully saturated rings. The Kier molecular flexibility index (Phi) is 4.20. The first-order chi connectivity index (χ1) is 10.0. The average molecular weight is 293 g/mol. The highest BCUT2D eigenvalue weighted by molar-refractivity contribution is 5.81. The predicted octanol–water partition coefficient (Wildman–Crippen LogP) is 0.877. The van der Waals surface area contributed by atoms with E-state index in [0.717, 1.165) is 25.8 Å². The number of hydrogen-bond donors (Lipinski definition) is 2. The van der Waals surface area contributed by atoms with E-state index in [2.05, 4.69) is 5.32 Å². The summed E-state index contributed by atoms with van der Waals surface area (Å²) >= 11 is 0. The summed E-state index contributed by atoms with van der Waals surface area (Å²) in [7, 11) is 0. The van der Waals surface area contributed by atoms with E-state index in [1.165, 1.54) is 19.3 Å². The first-order valence-electron chi connectivity index (χ1n) is 8.36. The Labute approximate surface area is 126 Å². The normalized spacial score (nSPS) is 39.1. The van der Waals surface area contributed by atoms with Gasteiger partial charge in [-0.1, -0.05) is 6.42 Å². The SMILES string of the molecule is CC(=O)N1CCC(C(=O)NC2C3CCCC2CC(N)C3)C1. The molecule has 5 heteroatoms. The molecule has 5 nitrogen and oxygen atoms in total. The van der Waals surface area contributed by atoms with Crippen LogP contribution in [-0.4, -0.2) is 41.9 Å². The second kappa shape index (κ2) is 5.95. The molecule has 0 aromatic rings. The van der Waals surface area contributed by atoms with Crippen LogP contribution in [0, 0.1) is 17.8 Å². The molecule has 0 radical (unpaired) electrons. The maximum atomic E-state index is 12.5. The summed E-state index contributed by atoms with van der Waals surface area (Å²) in [6.07, 6.45) is 6.55. The lowest BCUT2D eigenvalue weighted by Gasteiger charge is -2.45. The minimum atomic E-state index is -0.0229. The quantitative estimate of drug-likeness (QED) is 0.793. The average Bonchev–Trinajstić information content (AvgIpc) is 2.89. The number of likely N-dealkylation sites (tertiary alicyclic amines) is 1. The van der Waals surface area contributed by atoms with Gasteiger partial charge in [-0.3, -0.25) is 9.59 Å². The summed E-state index contributed by atoms with van der Waals surface area (Å²) < 4.78 is 0. The fraction of sp³-hybridized carbons (Fsp3) is 0.875. The molecule has 1 saturated heterocycles. The number of amides is 2. The van der Waals surface area contributed by atoms with Crippen molar-refractivity contribution in [3.05, 3.63) is 0 Å². The molecule has 3 aliphatic rings. The van der Waals surface area contributed by atoms with Gasteiger partial charge in [0.25, 0.3) is 0 Å². The molecule has 21 heavy (non-hydrogen) atoms. The fourth-order valence-electron chi connectivity index (χ4n) is 4.57. The van der Waals surface area contributed by atoms with Crippen molar-refractivity contribution in [2.45, 2.75) is 57.5 Å². The lowest BCUT2D eigenvalue weighted by Crippen LogP contribution is -2.54. The summed E-state index contributed by atoms with van der Waals surface area (Å²) in [5, 5.41) is 3.31. The van der Waals surface area contributed by atoms with Crippen molar-refractivity contribution < 1.29 is 9.59 Å². The molecule has 0 aromatic carbocycles. The number of nitrogens with zero attached hydrogens (tertiary/aromatic N) is 1. The summed E-state index contributed by atoms with van der Waals surface area (Å²) in [5.41, 5.74) is 6.13. The van der Waals surface area contributed by atoms with Gasteiger partial charge in [0.1, 0.15) is 0 Å². The third kappa shape index (κ3) is 3.07. The molecule has 0 spiro atoms. The van der Waals surface area contributed by atoms with Gasteiger partial charge < -0.3 is 16.0 Å². The first-order valence-corrected chi connectivity index (χ1v) is 8.36. The molecule has 1 aliphatic heterocycles. The van der Waals surface area contributed by atoms with Crippen LogP contribution in [0.1, 0.15) is 45.4 Å². The molecule has 2 bridgehead atoms. The van der Waals surface area contributed by atoms with Gasteiger partial charge in [0.15, 0.2) is 0 Å². The van der Waals surface area contributed by atoms with E-state index in [4.69, 9.17) is 5.73 Å². The first kappa shape index (κ1) is 14.8. The van der Waals surface area contributed by atoms with E-state index >= 15 is 0 Å². The van der Waals surface area contributed by atoms with Crippen molar-refractivity contribution >= 4 is 11.8 Å². The minimum Gasteiger partial charge on any atom is -0.353 e. The lowest BCUT2D eigenvalue weighted by atomic mass is 9.67. The predicted molar refractivity (Wildman–Crippen MR) is 80.3 cm³/mol. The molecule has 118 valence electrons. The fourth-order valence-corrected chi connectivity index (χ4v) is 4.57. The van der Waals surface area contributed by atoms with E-state index in [0.29, 0.717) is 30.5 Å². The van der Waals surface area contributed by atoms with Crippen LogP contribution in [0.5, 0.6) is 0 Å². The van der Waals surface area contributed by atoms with Crippen molar-refractivity contribution in [3.8, 4) is 0 Å². The summed E-state index contributed by atoms with van der Waals surface area (Å²) in [6, 6.07) is 0.630. The Balaban J connectivity index is 1.59. The van der Waals surface area contributed by atoms with Gasteiger partial charge in [0.05, 0.1) is 5.92 Å². The highest BCUT2D eigenvalue weighted by Crippen LogP contribution is 2.39. The van der Waals surface area contributed by atoms with Crippen LogP contribution in [0.25, 0.3) is 0 Å². The van der Waals surface area contributed by atoms with Gasteiger partial charge in [-0.05, 0) is 43.9 Å². The second-order valence-corrected chi connectivity index (χ2v) is 7.17. The van der Waals surface area contributed by atoms with Crippen LogP contribution >= 0.6 is 0 Å². The van der Waals surface area contributed by atoms with Gasteiger partial charge in [-0.2, -0.15) is 0 Å². The summed E-state index contributed by atoms with van der Waals surface area (Å²) in [4.78, 5) is 25.7. The van der Waals surface area contributed by atoms with E-state index in [9.17, 15) is 9.59 Å². The topological polar surface area (TPSA) is 75.4 Å². The van der Waals surface area contributed by atoms with Crippen molar-refractivity contribution in [2.75, 3.05) is 13.1 Å². The van der Waals surface area contributed by atoms with Crippen LogP contribution < -0.4 is 11.1 Å². The molecule has 3 rings (SSSR count). The highest BCUT2D eigenvalue weighted by Gasteiger charge is 2.41. The third-order valence-electron chi connectivity index (χ3n) is 5.69. The molecule has 3 N–H and O–H groups in total. The lowest BCUT2D eigenvalue weighted by molar-refractivity contribution is -0.129. The van der Waals surface area contributed by atoms with E-state index in [1.807, 2.05) is 0 Å². The zero-order chi connectivity index (χ0) is 15.0. The van der Waals surface area contributed by atoms with Crippen LogP contribution in [0.15, 0.2) is 0 Å². The Morgan fingerprint density at radius 1 is 1.14 bits per heavy atom. The van der Waals surface area contributed by atoms with Gasteiger partial charge >= 0.3 is 0 Å². The minimum absolute atomic E-state index is 0.0229. The summed E-state index contributed by atoms with van der Waals surface area (Å²) in [5.74, 6) is 1.32. The molecule has 3 unspecified atom stereocenters. The Bertz CT molecular complexity index is 412. The highest BCUT2D eigenvalue weighted by atomic mass is 16.2. The number of rotatable bonds is 2. The van der Waals surface area contributed by atoms with Crippen molar-refractivity contribution in [1.82, 2.24) is 10.2 Å². The monoisotopic (exact) mass is 293 g/mol. The third-order valence-corrected chi connectivity index (χ3v) is 5.69. The number of nitrogens with two attached hydrogens (primary N) is 1. The second-order valence-electron chi connectivity index (χ2n) is 7.17. The van der Waals surface area contributed by atoms with Crippen molar-refractivity contribution in [2.24, 2.45) is 23.5 Å². The molecule has 1 heterocycles. The molecule has 3 atom stereocenters. The zero-order valence-electron chi connectivity index (χ0n) is 12.9. The Morgan fingerprint density at radius 3 is 2.38 bits per heavy atom. The largest absolute Gasteiger partial charge is 0.353 e. The van der Waals surface area contributed by atoms with E-state index in [-0.39, 0.29) is 17.7 Å². The van der Waals surface area contributed by atoms with Crippen molar-refractivity contribution in [3.63, 3.8) is 0 Å². The number of carbonyl (C=O) groups excluding carboxylic acids is 2. The van der Waals surface area contributed by atoms with E-state index in [1.54, 1.807) is 11.8 Å². The number of fused-ring (bicyclic) bond motifs is 2. The number of carbonyl (C=O) groups is 2. The van der Waals surface area contributed by atoms with Gasteiger partial charge in [0, 0.05) is 32.1 Å². The van der Waals surface area contributed by atoms with E-state index < -0.39 is 0 Å². The molecular weight excluding hydrogens is 266 g/mol. The zero-order valence-corrected chi connectivity index (χ0v) is 12.9. The maximum absolute atomic E-state index is 12.5. The van der Waals surface area contributed by atoms with Gasteiger partial charge in [-0.15, -0.1) is 0 Å². The van der Waals surface area contributed by atoms with Crippen LogP contribution in [0.3, 0.4) is 0 Å². The van der Waals surface area contributed by atoms with Gasteiger partial charge in [0.2, 0.25) is 11.8 Å².